The van der Waals surface area contributed by atoms with Crippen molar-refractivity contribution in [2.45, 2.75) is 25.9 Å². The van der Waals surface area contributed by atoms with Gasteiger partial charge >= 0.3 is 5.69 Å². The number of H-pyrrole nitrogens is 2. The summed E-state index contributed by atoms with van der Waals surface area (Å²) in [6.45, 7) is 3.13. The summed E-state index contributed by atoms with van der Waals surface area (Å²) in [5, 5.41) is 8.45. The Hall–Kier alpha value is -3.20. The van der Waals surface area contributed by atoms with Crippen LogP contribution < -0.4 is 16.6 Å². The molecule has 0 saturated carbocycles. The van der Waals surface area contributed by atoms with Gasteiger partial charge in [0.25, 0.3) is 5.56 Å². The fraction of sp³-hybridized carbons (Fsp3) is 0.400. The first-order valence-corrected chi connectivity index (χ1v) is 9.79. The Labute approximate surface area is 166 Å². The van der Waals surface area contributed by atoms with Crippen molar-refractivity contribution in [1.29, 1.82) is 0 Å². The molecule has 1 saturated heterocycles. The summed E-state index contributed by atoms with van der Waals surface area (Å²) >= 11 is 0. The number of hydrogen-bond donors (Lipinski definition) is 3. The zero-order chi connectivity index (χ0) is 20.2. The van der Waals surface area contributed by atoms with Gasteiger partial charge in [0.2, 0.25) is 5.91 Å². The summed E-state index contributed by atoms with van der Waals surface area (Å²) in [6, 6.07) is 9.21. The summed E-state index contributed by atoms with van der Waals surface area (Å²) in [5.41, 5.74) is 0.646. The van der Waals surface area contributed by atoms with Gasteiger partial charge in [0.15, 0.2) is 0 Å². The normalized spacial score (nSPS) is 15.6. The third-order valence-electron chi connectivity index (χ3n) is 5.27. The zero-order valence-corrected chi connectivity index (χ0v) is 16.1. The number of rotatable bonds is 6. The van der Waals surface area contributed by atoms with Crippen molar-refractivity contribution < 1.29 is 4.79 Å². The van der Waals surface area contributed by atoms with Crippen LogP contribution in [-0.2, 0) is 17.9 Å². The van der Waals surface area contributed by atoms with E-state index in [1.54, 1.807) is 4.68 Å². The minimum absolute atomic E-state index is 0.0404. The SMILES string of the molecule is O=C(Cn1cc2ccccc2n1)NCC1CCN(Cc2cc(=O)[nH]c(=O)[nH]2)CC1. The van der Waals surface area contributed by atoms with Crippen LogP contribution in [0.1, 0.15) is 18.5 Å². The maximum absolute atomic E-state index is 12.3. The molecule has 9 nitrogen and oxygen atoms in total. The van der Waals surface area contributed by atoms with E-state index in [2.05, 4.69) is 25.3 Å². The zero-order valence-electron chi connectivity index (χ0n) is 16.1. The van der Waals surface area contributed by atoms with E-state index in [-0.39, 0.29) is 18.0 Å². The molecular weight excluding hydrogens is 372 g/mol. The van der Waals surface area contributed by atoms with Crippen LogP contribution in [0.2, 0.25) is 0 Å². The maximum Gasteiger partial charge on any atom is 0.325 e. The summed E-state index contributed by atoms with van der Waals surface area (Å²) in [7, 11) is 0. The first kappa shape index (κ1) is 19.1. The fourth-order valence-corrected chi connectivity index (χ4v) is 3.75. The van der Waals surface area contributed by atoms with Crippen LogP contribution in [-0.4, -0.2) is 50.2 Å². The van der Waals surface area contributed by atoms with Crippen molar-refractivity contribution in [3.05, 3.63) is 63.1 Å². The molecule has 0 atom stereocenters. The number of piperidine rings is 1. The molecule has 0 bridgehead atoms. The van der Waals surface area contributed by atoms with Gasteiger partial charge in [0.1, 0.15) is 6.54 Å². The number of amides is 1. The summed E-state index contributed by atoms with van der Waals surface area (Å²) in [5.74, 6) is 0.381. The Balaban J connectivity index is 1.21. The van der Waals surface area contributed by atoms with Gasteiger partial charge in [-0.1, -0.05) is 18.2 Å². The molecule has 3 heterocycles. The maximum atomic E-state index is 12.3. The molecule has 0 spiro atoms. The van der Waals surface area contributed by atoms with Gasteiger partial charge < -0.3 is 10.3 Å². The molecule has 4 rings (SSSR count). The lowest BCUT2D eigenvalue weighted by atomic mass is 9.96. The van der Waals surface area contributed by atoms with Crippen molar-refractivity contribution in [3.8, 4) is 0 Å². The van der Waals surface area contributed by atoms with Crippen LogP contribution >= 0.6 is 0 Å². The lowest BCUT2D eigenvalue weighted by Gasteiger charge is -2.31. The number of benzene rings is 1. The molecular formula is C20H24N6O3. The molecule has 29 heavy (non-hydrogen) atoms. The highest BCUT2D eigenvalue weighted by Gasteiger charge is 2.20. The highest BCUT2D eigenvalue weighted by atomic mass is 16.2. The molecule has 1 fully saturated rings. The van der Waals surface area contributed by atoms with Crippen molar-refractivity contribution >= 4 is 16.8 Å². The van der Waals surface area contributed by atoms with Crippen molar-refractivity contribution in [1.82, 2.24) is 30.0 Å². The van der Waals surface area contributed by atoms with E-state index >= 15 is 0 Å². The van der Waals surface area contributed by atoms with Gasteiger partial charge in [-0.25, -0.2) is 4.79 Å². The lowest BCUT2D eigenvalue weighted by molar-refractivity contribution is -0.122. The standard InChI is InChI=1S/C20H24N6O3/c27-18-9-16(22-20(29)23-18)12-25-7-5-14(6-8-25)10-21-19(28)13-26-11-15-3-1-2-4-17(15)24-26/h1-4,9,11,14H,5-8,10,12-13H2,(H,21,28)(H2,22,23,27,29). The largest absolute Gasteiger partial charge is 0.354 e. The Morgan fingerprint density at radius 2 is 1.97 bits per heavy atom. The molecule has 1 aliphatic rings. The summed E-state index contributed by atoms with van der Waals surface area (Å²) < 4.78 is 1.67. The highest BCUT2D eigenvalue weighted by Crippen LogP contribution is 2.17. The molecule has 3 aromatic rings. The predicted molar refractivity (Wildman–Crippen MR) is 108 cm³/mol. The van der Waals surface area contributed by atoms with Crippen LogP contribution in [0.25, 0.3) is 10.9 Å². The van der Waals surface area contributed by atoms with Gasteiger partial charge in [-0.2, -0.15) is 5.10 Å². The van der Waals surface area contributed by atoms with Crippen molar-refractivity contribution in [2.24, 2.45) is 5.92 Å². The van der Waals surface area contributed by atoms with Crippen molar-refractivity contribution in [3.63, 3.8) is 0 Å². The molecule has 1 aliphatic heterocycles. The number of aromatic amines is 2. The Kier molecular flexibility index (Phi) is 5.57. The highest BCUT2D eigenvalue weighted by molar-refractivity contribution is 5.79. The number of nitrogens with zero attached hydrogens (tertiary/aromatic N) is 3. The quantitative estimate of drug-likeness (QED) is 0.559. The molecule has 0 aliphatic carbocycles. The number of carbonyl (C=O) groups is 1. The molecule has 152 valence electrons. The lowest BCUT2D eigenvalue weighted by Crippen LogP contribution is -2.39. The van der Waals surface area contributed by atoms with E-state index in [0.717, 1.165) is 36.8 Å². The van der Waals surface area contributed by atoms with Gasteiger partial charge in [0, 0.05) is 36.4 Å². The number of nitrogens with one attached hydrogen (secondary N) is 3. The first-order chi connectivity index (χ1) is 14.0. The van der Waals surface area contributed by atoms with E-state index in [1.165, 1.54) is 6.07 Å². The van der Waals surface area contributed by atoms with E-state index in [1.807, 2.05) is 30.5 Å². The van der Waals surface area contributed by atoms with E-state index in [4.69, 9.17) is 0 Å². The van der Waals surface area contributed by atoms with Crippen molar-refractivity contribution in [2.75, 3.05) is 19.6 Å². The topological polar surface area (TPSA) is 116 Å². The Morgan fingerprint density at radius 3 is 2.72 bits per heavy atom. The van der Waals surface area contributed by atoms with E-state index < -0.39 is 5.69 Å². The second kappa shape index (κ2) is 8.44. The molecule has 3 N–H and O–H groups in total. The smallest absolute Gasteiger partial charge is 0.325 e. The van der Waals surface area contributed by atoms with Gasteiger partial charge in [-0.3, -0.25) is 24.2 Å². The van der Waals surface area contributed by atoms with E-state index in [9.17, 15) is 14.4 Å². The second-order valence-corrected chi connectivity index (χ2v) is 7.52. The molecule has 1 aromatic carbocycles. The third-order valence-corrected chi connectivity index (χ3v) is 5.27. The number of hydrogen-bond acceptors (Lipinski definition) is 5. The van der Waals surface area contributed by atoms with E-state index in [0.29, 0.717) is 24.7 Å². The van der Waals surface area contributed by atoms with Crippen LogP contribution in [0.4, 0.5) is 0 Å². The minimum atomic E-state index is -0.477. The van der Waals surface area contributed by atoms with Crippen LogP contribution in [0, 0.1) is 5.92 Å². The first-order valence-electron chi connectivity index (χ1n) is 9.79. The van der Waals surface area contributed by atoms with Crippen LogP contribution in [0.5, 0.6) is 0 Å². The number of aromatic nitrogens is 4. The van der Waals surface area contributed by atoms with Crippen LogP contribution in [0.15, 0.2) is 46.1 Å². The molecule has 1 amide bonds. The third kappa shape index (κ3) is 5.00. The van der Waals surface area contributed by atoms with Gasteiger partial charge in [0.05, 0.1) is 5.52 Å². The van der Waals surface area contributed by atoms with Crippen LogP contribution in [0.3, 0.4) is 0 Å². The van der Waals surface area contributed by atoms with Gasteiger partial charge in [-0.15, -0.1) is 0 Å². The minimum Gasteiger partial charge on any atom is -0.354 e. The average molecular weight is 396 g/mol. The second-order valence-electron chi connectivity index (χ2n) is 7.52. The number of likely N-dealkylation sites (tertiary alicyclic amines) is 1. The fourth-order valence-electron chi connectivity index (χ4n) is 3.75. The molecule has 9 heteroatoms. The Morgan fingerprint density at radius 1 is 1.17 bits per heavy atom. The Bertz CT molecular complexity index is 1050. The summed E-state index contributed by atoms with van der Waals surface area (Å²) in [6.07, 6.45) is 3.80. The predicted octanol–water partition coefficient (Wildman–Crippen LogP) is 0.441. The van der Waals surface area contributed by atoms with Gasteiger partial charge in [-0.05, 0) is 37.9 Å². The average Bonchev–Trinajstić information content (AvgIpc) is 3.09. The molecule has 2 aromatic heterocycles. The number of carbonyl (C=O) groups excluding carboxylic acids is 1. The molecule has 0 radical (unpaired) electrons. The molecule has 0 unspecified atom stereocenters. The monoisotopic (exact) mass is 396 g/mol. The summed E-state index contributed by atoms with van der Waals surface area (Å²) in [4.78, 5) is 42.1. The number of fused-ring (bicyclic) bond motifs is 1.